The molecule has 2 aliphatic rings. The van der Waals surface area contributed by atoms with E-state index in [0.29, 0.717) is 18.6 Å². The molecule has 1 aliphatic heterocycles. The Kier molecular flexibility index (Phi) is 4.07. The number of hydrogen-bond acceptors (Lipinski definition) is 4. The maximum Gasteiger partial charge on any atom is 0.205 e. The standard InChI is InChI=1S/C14H22O4/c1-3-4-7-17-13-12-11(5-6-14(12,2)16)10(8-15)9-18-13/h8-9,11-13,16H,3-7H2,1-2H3. The molecule has 0 aromatic heterocycles. The van der Waals surface area contributed by atoms with Crippen molar-refractivity contribution in [3.63, 3.8) is 0 Å². The molecule has 0 amide bonds. The first-order valence-corrected chi connectivity index (χ1v) is 6.75. The molecule has 4 heteroatoms. The number of carbonyl (C=O) groups excluding carboxylic acids is 1. The van der Waals surface area contributed by atoms with Gasteiger partial charge in [-0.3, -0.25) is 4.79 Å². The van der Waals surface area contributed by atoms with Gasteiger partial charge in [-0.1, -0.05) is 13.3 Å². The quantitative estimate of drug-likeness (QED) is 0.602. The first-order chi connectivity index (χ1) is 8.60. The van der Waals surface area contributed by atoms with Crippen LogP contribution < -0.4 is 0 Å². The van der Waals surface area contributed by atoms with Crippen LogP contribution in [0.2, 0.25) is 0 Å². The van der Waals surface area contributed by atoms with Gasteiger partial charge in [0.15, 0.2) is 0 Å². The Labute approximate surface area is 108 Å². The number of aldehydes is 1. The number of aliphatic hydroxyl groups is 1. The molecule has 2 rings (SSSR count). The van der Waals surface area contributed by atoms with E-state index in [2.05, 4.69) is 6.92 Å². The molecule has 0 saturated heterocycles. The molecule has 1 saturated carbocycles. The lowest BCUT2D eigenvalue weighted by molar-refractivity contribution is -0.192. The highest BCUT2D eigenvalue weighted by atomic mass is 16.7. The Morgan fingerprint density at radius 1 is 1.67 bits per heavy atom. The number of allylic oxidation sites excluding steroid dienone is 1. The number of unbranched alkanes of at least 4 members (excludes halogenated alkanes) is 1. The van der Waals surface area contributed by atoms with Crippen molar-refractivity contribution in [1.29, 1.82) is 0 Å². The van der Waals surface area contributed by atoms with E-state index in [4.69, 9.17) is 9.47 Å². The van der Waals surface area contributed by atoms with Crippen LogP contribution in [0.1, 0.15) is 39.5 Å². The van der Waals surface area contributed by atoms with Crippen molar-refractivity contribution in [3.8, 4) is 0 Å². The molecule has 4 unspecified atom stereocenters. The summed E-state index contributed by atoms with van der Waals surface area (Å²) in [6.07, 6.45) is 5.45. The normalized spacial score (nSPS) is 38.8. The molecule has 0 radical (unpaired) electrons. The third-order valence-corrected chi connectivity index (χ3v) is 4.09. The van der Waals surface area contributed by atoms with Gasteiger partial charge in [0.2, 0.25) is 6.29 Å². The highest BCUT2D eigenvalue weighted by Gasteiger charge is 2.52. The van der Waals surface area contributed by atoms with E-state index >= 15 is 0 Å². The molecule has 4 nitrogen and oxygen atoms in total. The summed E-state index contributed by atoms with van der Waals surface area (Å²) in [6, 6.07) is 0. The SMILES string of the molecule is CCCCOC1OC=C(C=O)C2CCC(C)(O)C12. The summed E-state index contributed by atoms with van der Waals surface area (Å²) < 4.78 is 11.2. The molecular weight excluding hydrogens is 232 g/mol. The molecule has 102 valence electrons. The Balaban J connectivity index is 2.11. The van der Waals surface area contributed by atoms with Crippen LogP contribution >= 0.6 is 0 Å². The van der Waals surface area contributed by atoms with Crippen LogP contribution in [0.4, 0.5) is 0 Å². The van der Waals surface area contributed by atoms with E-state index in [0.717, 1.165) is 25.5 Å². The second kappa shape index (κ2) is 5.41. The van der Waals surface area contributed by atoms with Crippen LogP contribution in [0.3, 0.4) is 0 Å². The largest absolute Gasteiger partial charge is 0.472 e. The average molecular weight is 254 g/mol. The summed E-state index contributed by atoms with van der Waals surface area (Å²) in [6.45, 7) is 4.54. The third kappa shape index (κ3) is 2.45. The second-order valence-electron chi connectivity index (χ2n) is 5.49. The number of carbonyl (C=O) groups is 1. The summed E-state index contributed by atoms with van der Waals surface area (Å²) >= 11 is 0. The molecule has 1 heterocycles. The summed E-state index contributed by atoms with van der Waals surface area (Å²) in [4.78, 5) is 11.0. The van der Waals surface area contributed by atoms with Gasteiger partial charge in [0.05, 0.1) is 24.4 Å². The van der Waals surface area contributed by atoms with Crippen LogP contribution in [0, 0.1) is 11.8 Å². The van der Waals surface area contributed by atoms with Gasteiger partial charge in [0.25, 0.3) is 0 Å². The molecule has 0 aromatic rings. The van der Waals surface area contributed by atoms with Crippen molar-refractivity contribution < 1.29 is 19.4 Å². The summed E-state index contributed by atoms with van der Waals surface area (Å²) in [5.74, 6) is -0.0718. The van der Waals surface area contributed by atoms with Gasteiger partial charge in [-0.15, -0.1) is 0 Å². The maximum absolute atomic E-state index is 11.0. The summed E-state index contributed by atoms with van der Waals surface area (Å²) in [5.41, 5.74) is -0.169. The average Bonchev–Trinajstić information content (AvgIpc) is 2.67. The minimum absolute atomic E-state index is 0.0675. The molecule has 18 heavy (non-hydrogen) atoms. The van der Waals surface area contributed by atoms with Gasteiger partial charge in [-0.25, -0.2) is 0 Å². The minimum atomic E-state index is -0.815. The lowest BCUT2D eigenvalue weighted by Crippen LogP contribution is -2.45. The fraction of sp³-hybridized carbons (Fsp3) is 0.786. The van der Waals surface area contributed by atoms with E-state index in [1.807, 2.05) is 6.92 Å². The van der Waals surface area contributed by atoms with Crippen molar-refractivity contribution in [2.75, 3.05) is 6.61 Å². The monoisotopic (exact) mass is 254 g/mol. The first-order valence-electron chi connectivity index (χ1n) is 6.75. The van der Waals surface area contributed by atoms with Crippen LogP contribution in [-0.4, -0.2) is 29.9 Å². The van der Waals surface area contributed by atoms with Gasteiger partial charge >= 0.3 is 0 Å². The Bertz CT molecular complexity index is 335. The predicted molar refractivity (Wildman–Crippen MR) is 66.7 cm³/mol. The van der Waals surface area contributed by atoms with Crippen LogP contribution in [0.5, 0.6) is 0 Å². The Morgan fingerprint density at radius 2 is 2.44 bits per heavy atom. The zero-order valence-electron chi connectivity index (χ0n) is 11.1. The Hall–Kier alpha value is -0.870. The molecule has 1 aliphatic carbocycles. The van der Waals surface area contributed by atoms with Crippen LogP contribution in [-0.2, 0) is 14.3 Å². The van der Waals surface area contributed by atoms with Gasteiger partial charge in [-0.2, -0.15) is 0 Å². The lowest BCUT2D eigenvalue weighted by Gasteiger charge is -2.38. The zero-order chi connectivity index (χ0) is 13.2. The van der Waals surface area contributed by atoms with Gasteiger partial charge in [-0.05, 0) is 26.2 Å². The molecule has 0 bridgehead atoms. The lowest BCUT2D eigenvalue weighted by atomic mass is 9.82. The number of fused-ring (bicyclic) bond motifs is 1. The molecule has 1 N–H and O–H groups in total. The van der Waals surface area contributed by atoms with Gasteiger partial charge in [0.1, 0.15) is 6.29 Å². The second-order valence-corrected chi connectivity index (χ2v) is 5.49. The molecular formula is C14H22O4. The first kappa shape index (κ1) is 13.6. The molecule has 4 atom stereocenters. The van der Waals surface area contributed by atoms with E-state index in [1.54, 1.807) is 0 Å². The summed E-state index contributed by atoms with van der Waals surface area (Å²) in [5, 5.41) is 10.4. The number of ether oxygens (including phenoxy) is 2. The predicted octanol–water partition coefficient (Wildman–Crippen LogP) is 2.02. The van der Waals surface area contributed by atoms with Crippen molar-refractivity contribution in [1.82, 2.24) is 0 Å². The fourth-order valence-corrected chi connectivity index (χ4v) is 3.00. The van der Waals surface area contributed by atoms with Crippen molar-refractivity contribution >= 4 is 6.29 Å². The highest BCUT2D eigenvalue weighted by Crippen LogP contribution is 2.48. The van der Waals surface area contributed by atoms with E-state index < -0.39 is 11.9 Å². The molecule has 0 spiro atoms. The van der Waals surface area contributed by atoms with Crippen molar-refractivity contribution in [2.45, 2.75) is 51.4 Å². The van der Waals surface area contributed by atoms with E-state index in [-0.39, 0.29) is 11.8 Å². The fourth-order valence-electron chi connectivity index (χ4n) is 3.00. The summed E-state index contributed by atoms with van der Waals surface area (Å²) in [7, 11) is 0. The third-order valence-electron chi connectivity index (χ3n) is 4.09. The molecule has 1 fully saturated rings. The topological polar surface area (TPSA) is 55.8 Å². The Morgan fingerprint density at radius 3 is 3.11 bits per heavy atom. The van der Waals surface area contributed by atoms with Gasteiger partial charge < -0.3 is 14.6 Å². The van der Waals surface area contributed by atoms with Crippen molar-refractivity contribution in [2.24, 2.45) is 11.8 Å². The van der Waals surface area contributed by atoms with E-state index in [9.17, 15) is 9.90 Å². The van der Waals surface area contributed by atoms with E-state index in [1.165, 1.54) is 6.26 Å². The smallest absolute Gasteiger partial charge is 0.205 e. The van der Waals surface area contributed by atoms with Crippen molar-refractivity contribution in [3.05, 3.63) is 11.8 Å². The van der Waals surface area contributed by atoms with Crippen LogP contribution in [0.15, 0.2) is 11.8 Å². The number of rotatable bonds is 5. The maximum atomic E-state index is 11.0. The minimum Gasteiger partial charge on any atom is -0.472 e. The zero-order valence-corrected chi connectivity index (χ0v) is 11.1. The van der Waals surface area contributed by atoms with Gasteiger partial charge in [0, 0.05) is 11.5 Å². The highest BCUT2D eigenvalue weighted by molar-refractivity contribution is 5.74. The van der Waals surface area contributed by atoms with Crippen LogP contribution in [0.25, 0.3) is 0 Å². The number of hydrogen-bond donors (Lipinski definition) is 1. The molecule has 0 aromatic carbocycles.